The summed E-state index contributed by atoms with van der Waals surface area (Å²) in [5.74, 6) is -0.342. The Labute approximate surface area is 163 Å². The van der Waals surface area contributed by atoms with Crippen LogP contribution < -0.4 is 5.32 Å². The molecule has 1 fully saturated rings. The van der Waals surface area contributed by atoms with Gasteiger partial charge in [-0.1, -0.05) is 6.07 Å². The molecule has 0 radical (unpaired) electrons. The predicted octanol–water partition coefficient (Wildman–Crippen LogP) is 0.878. The van der Waals surface area contributed by atoms with Gasteiger partial charge in [-0.3, -0.25) is 4.79 Å². The van der Waals surface area contributed by atoms with Gasteiger partial charge in [-0.2, -0.15) is 19.7 Å². The standard InChI is InChI=1S/C18H23N5O4S/c1-12-2-4-14(11-17(12)28(25,26)23-6-8-27-9-7-23)19-18(24)13-3-5-15-16(10-13)21-22-20-15/h2,4,11,13H,3,5-10H2,1H3,(H,19,24)(H,20,21,22)/t13-/m1/s1. The van der Waals surface area contributed by atoms with Crippen LogP contribution in [0.3, 0.4) is 0 Å². The van der Waals surface area contributed by atoms with Crippen molar-refractivity contribution in [3.05, 3.63) is 35.2 Å². The van der Waals surface area contributed by atoms with Gasteiger partial charge in [0.25, 0.3) is 0 Å². The number of sulfonamides is 1. The zero-order chi connectivity index (χ0) is 19.7. The SMILES string of the molecule is Cc1ccc(NC(=O)[C@@H]2CCc3n[nH]nc3C2)cc1S(=O)(=O)N1CCOCC1. The summed E-state index contributed by atoms with van der Waals surface area (Å²) in [5.41, 5.74) is 2.87. The highest BCUT2D eigenvalue weighted by molar-refractivity contribution is 7.89. The summed E-state index contributed by atoms with van der Waals surface area (Å²) >= 11 is 0. The van der Waals surface area contributed by atoms with Gasteiger partial charge in [0.1, 0.15) is 0 Å². The fourth-order valence-electron chi connectivity index (χ4n) is 3.63. The maximum atomic E-state index is 13.0. The average molecular weight is 405 g/mol. The van der Waals surface area contributed by atoms with E-state index in [9.17, 15) is 13.2 Å². The number of anilines is 1. The summed E-state index contributed by atoms with van der Waals surface area (Å²) in [6.07, 6.45) is 1.92. The van der Waals surface area contributed by atoms with Gasteiger partial charge < -0.3 is 10.1 Å². The molecule has 2 aromatic rings. The molecule has 0 bridgehead atoms. The minimum Gasteiger partial charge on any atom is -0.379 e. The van der Waals surface area contributed by atoms with Crippen LogP contribution in [0.5, 0.6) is 0 Å². The van der Waals surface area contributed by atoms with Crippen LogP contribution in [0, 0.1) is 12.8 Å². The number of benzene rings is 1. The number of nitrogens with one attached hydrogen (secondary N) is 2. The number of H-pyrrole nitrogens is 1. The van der Waals surface area contributed by atoms with Gasteiger partial charge in [0.2, 0.25) is 15.9 Å². The molecule has 9 nitrogen and oxygen atoms in total. The minimum absolute atomic E-state index is 0.132. The first-order valence-electron chi connectivity index (χ1n) is 9.33. The van der Waals surface area contributed by atoms with Crippen molar-refractivity contribution in [1.82, 2.24) is 19.7 Å². The van der Waals surface area contributed by atoms with Crippen molar-refractivity contribution in [2.75, 3.05) is 31.6 Å². The molecular formula is C18H23N5O4S. The second-order valence-electron chi connectivity index (χ2n) is 7.14. The molecule has 150 valence electrons. The number of carbonyl (C=O) groups excluding carboxylic acids is 1. The van der Waals surface area contributed by atoms with E-state index in [2.05, 4.69) is 20.7 Å². The molecule has 0 unspecified atom stereocenters. The Morgan fingerprint density at radius 3 is 2.79 bits per heavy atom. The molecule has 1 saturated heterocycles. The molecule has 2 heterocycles. The molecule has 1 aliphatic heterocycles. The molecule has 1 aromatic carbocycles. The van der Waals surface area contributed by atoms with Gasteiger partial charge in [-0.05, 0) is 37.5 Å². The largest absolute Gasteiger partial charge is 0.379 e. The van der Waals surface area contributed by atoms with E-state index >= 15 is 0 Å². The lowest BCUT2D eigenvalue weighted by atomic mass is 9.89. The normalized spacial score (nSPS) is 20.5. The predicted molar refractivity (Wildman–Crippen MR) is 101 cm³/mol. The van der Waals surface area contributed by atoms with Crippen LogP contribution in [-0.2, 0) is 32.4 Å². The number of hydrogen-bond acceptors (Lipinski definition) is 6. The number of hydrogen-bond donors (Lipinski definition) is 2. The van der Waals surface area contributed by atoms with Crippen LogP contribution in [0.2, 0.25) is 0 Å². The van der Waals surface area contributed by atoms with E-state index < -0.39 is 10.0 Å². The van der Waals surface area contributed by atoms with E-state index in [4.69, 9.17) is 4.74 Å². The highest BCUT2D eigenvalue weighted by atomic mass is 32.2. The van der Waals surface area contributed by atoms with Crippen LogP contribution in [0.15, 0.2) is 23.1 Å². The topological polar surface area (TPSA) is 117 Å². The van der Waals surface area contributed by atoms with E-state index in [1.165, 1.54) is 4.31 Å². The van der Waals surface area contributed by atoms with E-state index in [1.807, 2.05) is 0 Å². The molecule has 1 atom stereocenters. The van der Waals surface area contributed by atoms with Crippen LogP contribution in [0.1, 0.15) is 23.4 Å². The Kier molecular flexibility index (Phi) is 5.17. The summed E-state index contributed by atoms with van der Waals surface area (Å²) in [7, 11) is -3.63. The molecule has 2 aliphatic rings. The third-order valence-electron chi connectivity index (χ3n) is 5.29. The molecule has 1 aliphatic carbocycles. The summed E-state index contributed by atoms with van der Waals surface area (Å²) in [4.78, 5) is 12.9. The average Bonchev–Trinajstić information content (AvgIpc) is 3.18. The first-order chi connectivity index (χ1) is 13.4. The van der Waals surface area contributed by atoms with Gasteiger partial charge in [0, 0.05) is 31.1 Å². The number of amides is 1. The number of ether oxygens (including phenoxy) is 1. The van der Waals surface area contributed by atoms with Crippen molar-refractivity contribution >= 4 is 21.6 Å². The number of morpholine rings is 1. The lowest BCUT2D eigenvalue weighted by Gasteiger charge is -2.27. The van der Waals surface area contributed by atoms with Crippen LogP contribution in [0.25, 0.3) is 0 Å². The number of aromatic amines is 1. The summed E-state index contributed by atoms with van der Waals surface area (Å²) in [5, 5.41) is 13.6. The molecule has 28 heavy (non-hydrogen) atoms. The number of rotatable bonds is 4. The Balaban J connectivity index is 1.51. The van der Waals surface area contributed by atoms with Crippen LogP contribution in [0.4, 0.5) is 5.69 Å². The summed E-state index contributed by atoms with van der Waals surface area (Å²) in [6.45, 7) is 3.20. The lowest BCUT2D eigenvalue weighted by molar-refractivity contribution is -0.120. The molecule has 2 N–H and O–H groups in total. The van der Waals surface area contributed by atoms with E-state index in [0.29, 0.717) is 56.8 Å². The third kappa shape index (κ3) is 3.67. The Hall–Kier alpha value is -2.30. The van der Waals surface area contributed by atoms with Crippen molar-refractivity contribution < 1.29 is 17.9 Å². The second kappa shape index (κ2) is 7.61. The Morgan fingerprint density at radius 1 is 1.25 bits per heavy atom. The zero-order valence-corrected chi connectivity index (χ0v) is 16.5. The van der Waals surface area contributed by atoms with Crippen LogP contribution >= 0.6 is 0 Å². The zero-order valence-electron chi connectivity index (χ0n) is 15.6. The maximum absolute atomic E-state index is 13.0. The highest BCUT2D eigenvalue weighted by Crippen LogP contribution is 2.27. The molecule has 0 spiro atoms. The Bertz CT molecular complexity index is 982. The van der Waals surface area contributed by atoms with Crippen molar-refractivity contribution in [1.29, 1.82) is 0 Å². The molecule has 4 rings (SSSR count). The van der Waals surface area contributed by atoms with Gasteiger partial charge >= 0.3 is 0 Å². The number of nitrogens with zero attached hydrogens (tertiary/aromatic N) is 3. The minimum atomic E-state index is -3.63. The smallest absolute Gasteiger partial charge is 0.243 e. The highest BCUT2D eigenvalue weighted by Gasteiger charge is 2.30. The first kappa shape index (κ1) is 19.0. The third-order valence-corrected chi connectivity index (χ3v) is 7.33. The molecule has 10 heteroatoms. The number of aryl methyl sites for hydroxylation is 2. The van der Waals surface area contributed by atoms with Crippen molar-refractivity contribution in [2.24, 2.45) is 5.92 Å². The van der Waals surface area contributed by atoms with Gasteiger partial charge in [-0.15, -0.1) is 0 Å². The molecule has 1 aromatic heterocycles. The van der Waals surface area contributed by atoms with Crippen molar-refractivity contribution in [3.63, 3.8) is 0 Å². The van der Waals surface area contributed by atoms with E-state index in [-0.39, 0.29) is 16.7 Å². The van der Waals surface area contributed by atoms with Crippen molar-refractivity contribution in [2.45, 2.75) is 31.1 Å². The second-order valence-corrected chi connectivity index (χ2v) is 9.05. The van der Waals surface area contributed by atoms with E-state index in [0.717, 1.165) is 11.4 Å². The molecule has 1 amide bonds. The summed E-state index contributed by atoms with van der Waals surface area (Å²) in [6, 6.07) is 5.00. The number of aromatic nitrogens is 3. The lowest BCUT2D eigenvalue weighted by Crippen LogP contribution is -2.40. The maximum Gasteiger partial charge on any atom is 0.243 e. The van der Waals surface area contributed by atoms with Gasteiger partial charge in [0.05, 0.1) is 29.5 Å². The van der Waals surface area contributed by atoms with Gasteiger partial charge in [-0.25, -0.2) is 8.42 Å². The quantitative estimate of drug-likeness (QED) is 0.780. The van der Waals surface area contributed by atoms with E-state index in [1.54, 1.807) is 25.1 Å². The van der Waals surface area contributed by atoms with Crippen LogP contribution in [-0.4, -0.2) is 60.3 Å². The number of carbonyl (C=O) groups is 1. The summed E-state index contributed by atoms with van der Waals surface area (Å²) < 4.78 is 32.7. The fraction of sp³-hybridized carbons (Fsp3) is 0.500. The molecule has 0 saturated carbocycles. The Morgan fingerprint density at radius 2 is 2.00 bits per heavy atom. The number of fused-ring (bicyclic) bond motifs is 1. The molecular weight excluding hydrogens is 382 g/mol. The first-order valence-corrected chi connectivity index (χ1v) is 10.8. The monoisotopic (exact) mass is 405 g/mol. The van der Waals surface area contributed by atoms with Crippen molar-refractivity contribution in [3.8, 4) is 0 Å². The fourth-order valence-corrected chi connectivity index (χ4v) is 5.29. The van der Waals surface area contributed by atoms with Gasteiger partial charge in [0.15, 0.2) is 0 Å².